The smallest absolute Gasteiger partial charge is 0.378 e. The van der Waals surface area contributed by atoms with Gasteiger partial charge < -0.3 is 4.90 Å². The molecule has 1 aromatic carbocycles. The minimum absolute atomic E-state index is 0.120. The highest BCUT2D eigenvalue weighted by Gasteiger charge is 2.30. The molecule has 0 spiro atoms. The number of carbonyl (C=O) groups is 2. The summed E-state index contributed by atoms with van der Waals surface area (Å²) in [6, 6.07) is 8.87. The van der Waals surface area contributed by atoms with E-state index in [1.54, 1.807) is 25.1 Å². The number of pyridine rings is 1. The molecule has 162 valence electrons. The second kappa shape index (κ2) is 8.46. The van der Waals surface area contributed by atoms with Gasteiger partial charge in [-0.15, -0.1) is 0 Å². The van der Waals surface area contributed by atoms with Crippen molar-refractivity contribution in [2.75, 3.05) is 19.0 Å². The van der Waals surface area contributed by atoms with Crippen molar-refractivity contribution in [3.05, 3.63) is 71.2 Å². The summed E-state index contributed by atoms with van der Waals surface area (Å²) in [6.07, 6.45) is -2.57. The van der Waals surface area contributed by atoms with Crippen LogP contribution in [-0.2, 0) is 6.18 Å². The van der Waals surface area contributed by atoms with Gasteiger partial charge in [-0.25, -0.2) is 9.67 Å². The number of halogens is 3. The Morgan fingerprint density at radius 3 is 2.35 bits per heavy atom. The van der Waals surface area contributed by atoms with Crippen LogP contribution in [0.5, 0.6) is 0 Å². The van der Waals surface area contributed by atoms with E-state index in [4.69, 9.17) is 0 Å². The maximum Gasteiger partial charge on any atom is 0.417 e. The Bertz CT molecular complexity index is 1110. The summed E-state index contributed by atoms with van der Waals surface area (Å²) in [4.78, 5) is 30.4. The summed E-state index contributed by atoms with van der Waals surface area (Å²) in [6.45, 7) is 1.56. The average molecular weight is 432 g/mol. The molecule has 2 N–H and O–H groups in total. The van der Waals surface area contributed by atoms with Gasteiger partial charge in [0.05, 0.1) is 23.0 Å². The molecular formula is C20H19F3N6O2. The quantitative estimate of drug-likeness (QED) is 0.619. The third-order valence-electron chi connectivity index (χ3n) is 4.46. The highest BCUT2D eigenvalue weighted by Crippen LogP contribution is 2.28. The fourth-order valence-electron chi connectivity index (χ4n) is 2.72. The first-order chi connectivity index (χ1) is 14.6. The molecule has 3 aromatic rings. The third kappa shape index (κ3) is 4.82. The van der Waals surface area contributed by atoms with Crippen molar-refractivity contribution in [2.45, 2.75) is 13.1 Å². The minimum atomic E-state index is -4.50. The molecule has 0 aliphatic rings. The third-order valence-corrected chi connectivity index (χ3v) is 4.46. The molecule has 0 aliphatic carbocycles. The molecule has 0 bridgehead atoms. The van der Waals surface area contributed by atoms with Crippen LogP contribution in [0.4, 0.5) is 18.9 Å². The first kappa shape index (κ1) is 21.8. The van der Waals surface area contributed by atoms with Gasteiger partial charge in [-0.3, -0.25) is 20.4 Å². The SMILES string of the molecule is Cc1c(C(=O)NNC(=O)c2cccc(N(C)C)c2)cnn1-c1ccc(C(F)(F)F)cn1. The lowest BCUT2D eigenvalue weighted by atomic mass is 10.2. The monoisotopic (exact) mass is 432 g/mol. The lowest BCUT2D eigenvalue weighted by Gasteiger charge is -2.13. The Morgan fingerprint density at radius 1 is 1.03 bits per heavy atom. The van der Waals surface area contributed by atoms with E-state index in [1.165, 1.54) is 10.9 Å². The number of alkyl halides is 3. The zero-order valence-corrected chi connectivity index (χ0v) is 16.9. The highest BCUT2D eigenvalue weighted by molar-refractivity contribution is 5.99. The van der Waals surface area contributed by atoms with E-state index in [1.807, 2.05) is 25.1 Å². The van der Waals surface area contributed by atoms with Crippen LogP contribution in [0.15, 0.2) is 48.8 Å². The summed E-state index contributed by atoms with van der Waals surface area (Å²) in [7, 11) is 3.68. The Balaban J connectivity index is 1.70. The molecule has 0 fully saturated rings. The molecule has 2 amide bonds. The lowest BCUT2D eigenvalue weighted by molar-refractivity contribution is -0.137. The van der Waals surface area contributed by atoms with Gasteiger partial charge in [-0.1, -0.05) is 6.07 Å². The van der Waals surface area contributed by atoms with E-state index in [9.17, 15) is 22.8 Å². The van der Waals surface area contributed by atoms with Gasteiger partial charge in [0.15, 0.2) is 5.82 Å². The molecule has 0 aliphatic heterocycles. The van der Waals surface area contributed by atoms with Crippen molar-refractivity contribution in [1.82, 2.24) is 25.6 Å². The number of nitrogens with one attached hydrogen (secondary N) is 2. The Labute approximate surface area is 175 Å². The number of benzene rings is 1. The number of hydrogen-bond donors (Lipinski definition) is 2. The molecule has 8 nitrogen and oxygen atoms in total. The summed E-state index contributed by atoms with van der Waals surface area (Å²) < 4.78 is 39.3. The van der Waals surface area contributed by atoms with Crippen molar-refractivity contribution in [1.29, 1.82) is 0 Å². The molecule has 31 heavy (non-hydrogen) atoms. The van der Waals surface area contributed by atoms with Gasteiger partial charge in [0.2, 0.25) is 0 Å². The number of nitrogens with zero attached hydrogens (tertiary/aromatic N) is 4. The van der Waals surface area contributed by atoms with Crippen LogP contribution in [0.25, 0.3) is 5.82 Å². The Kier molecular flexibility index (Phi) is 5.95. The molecule has 0 saturated carbocycles. The predicted octanol–water partition coefficient (Wildman–Crippen LogP) is 2.74. The Hall–Kier alpha value is -3.89. The van der Waals surface area contributed by atoms with Crippen LogP contribution in [0.1, 0.15) is 32.0 Å². The molecule has 0 atom stereocenters. The van der Waals surface area contributed by atoms with Gasteiger partial charge in [0.25, 0.3) is 11.8 Å². The summed E-state index contributed by atoms with van der Waals surface area (Å²) in [5, 5.41) is 4.01. The zero-order chi connectivity index (χ0) is 22.8. The van der Waals surface area contributed by atoms with E-state index in [0.29, 0.717) is 17.5 Å². The number of aromatic nitrogens is 3. The van der Waals surface area contributed by atoms with Gasteiger partial charge >= 0.3 is 6.18 Å². The number of anilines is 1. The number of hydrogen-bond acceptors (Lipinski definition) is 5. The maximum absolute atomic E-state index is 12.7. The van der Waals surface area contributed by atoms with Crippen LogP contribution in [0.3, 0.4) is 0 Å². The molecule has 3 rings (SSSR count). The van der Waals surface area contributed by atoms with E-state index in [0.717, 1.165) is 17.8 Å². The number of carbonyl (C=O) groups excluding carboxylic acids is 2. The number of hydrazine groups is 1. The van der Waals surface area contributed by atoms with E-state index in [2.05, 4.69) is 20.9 Å². The van der Waals surface area contributed by atoms with Crippen LogP contribution in [-0.4, -0.2) is 40.7 Å². The van der Waals surface area contributed by atoms with Gasteiger partial charge in [-0.2, -0.15) is 18.3 Å². The largest absolute Gasteiger partial charge is 0.417 e. The van der Waals surface area contributed by atoms with Crippen molar-refractivity contribution in [3.63, 3.8) is 0 Å². The van der Waals surface area contributed by atoms with E-state index < -0.39 is 23.6 Å². The second-order valence-corrected chi connectivity index (χ2v) is 6.81. The zero-order valence-electron chi connectivity index (χ0n) is 16.9. The maximum atomic E-state index is 12.7. The molecule has 0 radical (unpaired) electrons. The topological polar surface area (TPSA) is 92.2 Å². The van der Waals surface area contributed by atoms with Crippen LogP contribution in [0.2, 0.25) is 0 Å². The summed E-state index contributed by atoms with van der Waals surface area (Å²) >= 11 is 0. The molecule has 2 aromatic heterocycles. The number of rotatable bonds is 4. The average Bonchev–Trinajstić information content (AvgIpc) is 3.12. The van der Waals surface area contributed by atoms with Crippen molar-refractivity contribution >= 4 is 17.5 Å². The van der Waals surface area contributed by atoms with Crippen molar-refractivity contribution in [2.24, 2.45) is 0 Å². The first-order valence-electron chi connectivity index (χ1n) is 9.04. The number of amides is 2. The van der Waals surface area contributed by atoms with E-state index in [-0.39, 0.29) is 11.4 Å². The first-order valence-corrected chi connectivity index (χ1v) is 9.04. The molecule has 11 heteroatoms. The molecule has 0 unspecified atom stereocenters. The fourth-order valence-corrected chi connectivity index (χ4v) is 2.72. The van der Waals surface area contributed by atoms with Crippen LogP contribution < -0.4 is 15.8 Å². The normalized spacial score (nSPS) is 11.2. The van der Waals surface area contributed by atoms with Gasteiger partial charge in [-0.05, 0) is 37.3 Å². The predicted molar refractivity (Wildman–Crippen MR) is 107 cm³/mol. The van der Waals surface area contributed by atoms with Crippen LogP contribution in [0, 0.1) is 6.92 Å². The second-order valence-electron chi connectivity index (χ2n) is 6.81. The fraction of sp³-hybridized carbons (Fsp3) is 0.200. The highest BCUT2D eigenvalue weighted by atomic mass is 19.4. The van der Waals surface area contributed by atoms with Crippen LogP contribution >= 0.6 is 0 Å². The lowest BCUT2D eigenvalue weighted by Crippen LogP contribution is -2.41. The summed E-state index contributed by atoms with van der Waals surface area (Å²) in [5.41, 5.74) is 5.39. The Morgan fingerprint density at radius 2 is 1.74 bits per heavy atom. The standard InChI is InChI=1S/C20H19F3N6O2/c1-12-16(11-25-29(12)17-8-7-14(10-24-17)20(21,22)23)19(31)27-26-18(30)13-5-4-6-15(9-13)28(2)3/h4-11H,1-3H3,(H,26,30)(H,27,31). The van der Waals surface area contributed by atoms with Crippen molar-refractivity contribution < 1.29 is 22.8 Å². The molecule has 0 saturated heterocycles. The summed E-state index contributed by atoms with van der Waals surface area (Å²) in [5.74, 6) is -1.02. The van der Waals surface area contributed by atoms with Crippen molar-refractivity contribution in [3.8, 4) is 5.82 Å². The molecule has 2 heterocycles. The van der Waals surface area contributed by atoms with Gasteiger partial charge in [0, 0.05) is 31.5 Å². The minimum Gasteiger partial charge on any atom is -0.378 e. The van der Waals surface area contributed by atoms with E-state index >= 15 is 0 Å². The van der Waals surface area contributed by atoms with Gasteiger partial charge in [0.1, 0.15) is 0 Å². The molecular weight excluding hydrogens is 413 g/mol.